The van der Waals surface area contributed by atoms with Crippen LogP contribution in [-0.2, 0) is 16.8 Å². The van der Waals surface area contributed by atoms with Gasteiger partial charge in [0, 0.05) is 20.1 Å². The van der Waals surface area contributed by atoms with E-state index in [1.54, 1.807) is 13.0 Å². The van der Waals surface area contributed by atoms with Crippen LogP contribution in [0.25, 0.3) is 10.9 Å². The van der Waals surface area contributed by atoms with E-state index in [1.165, 1.54) is 36.1 Å². The van der Waals surface area contributed by atoms with Crippen LogP contribution in [-0.4, -0.2) is 54.6 Å². The van der Waals surface area contributed by atoms with Crippen molar-refractivity contribution in [1.82, 2.24) is 19.2 Å². The Labute approximate surface area is 225 Å². The number of fused-ring (bicyclic) bond motifs is 1. The maximum absolute atomic E-state index is 14.9. The normalized spacial score (nSPS) is 15.3. The van der Waals surface area contributed by atoms with Gasteiger partial charge in [0.1, 0.15) is 23.1 Å². The molecule has 10 nitrogen and oxygen atoms in total. The van der Waals surface area contributed by atoms with E-state index in [0.717, 1.165) is 16.4 Å². The molecule has 0 bridgehead atoms. The monoisotopic (exact) mass is 560 g/mol. The zero-order valence-electron chi connectivity index (χ0n) is 21.7. The van der Waals surface area contributed by atoms with Crippen LogP contribution in [0.3, 0.4) is 0 Å². The molecule has 13 heteroatoms. The Morgan fingerprint density at radius 1 is 1.28 bits per heavy atom. The average Bonchev–Trinajstić information content (AvgIpc) is 2.92. The van der Waals surface area contributed by atoms with Crippen molar-refractivity contribution < 1.29 is 21.9 Å². The van der Waals surface area contributed by atoms with Crippen LogP contribution < -0.4 is 20.3 Å². The van der Waals surface area contributed by atoms with Gasteiger partial charge in [0.05, 0.1) is 22.9 Å². The molecule has 0 radical (unpaired) electrons. The summed E-state index contributed by atoms with van der Waals surface area (Å²) in [6, 6.07) is 8.28. The number of hydrogen-bond acceptors (Lipinski definition) is 7. The van der Waals surface area contributed by atoms with E-state index in [1.807, 2.05) is 0 Å². The Balaban J connectivity index is 1.59. The van der Waals surface area contributed by atoms with Gasteiger partial charge in [-0.15, -0.1) is 0 Å². The van der Waals surface area contributed by atoms with E-state index in [4.69, 9.17) is 4.74 Å². The largest absolute Gasteiger partial charge is 0.453 e. The standard InChI is InChI=1S/C26H30F2N6O4S/c1-3-33(2)39(36,37)32-23-8-6-21(27)24(20(23)16-29)38-18-5-7-22-19(15-18)25(35)34(17-31-22)14-4-9-26(28)10-12-30-13-11-26/h5-8,15,17,30,32H,3-4,9-14H2,1-2H3. The van der Waals surface area contributed by atoms with Crippen LogP contribution in [0.5, 0.6) is 11.5 Å². The van der Waals surface area contributed by atoms with E-state index in [9.17, 15) is 27.3 Å². The molecule has 39 heavy (non-hydrogen) atoms. The van der Waals surface area contributed by atoms with Gasteiger partial charge in [-0.25, -0.2) is 13.8 Å². The molecule has 4 rings (SSSR count). The maximum atomic E-state index is 14.9. The van der Waals surface area contributed by atoms with E-state index < -0.39 is 27.4 Å². The lowest BCUT2D eigenvalue weighted by atomic mass is 9.90. The Kier molecular flexibility index (Phi) is 8.48. The molecule has 2 heterocycles. The molecular formula is C26H30F2N6O4S. The molecule has 0 aliphatic carbocycles. The summed E-state index contributed by atoms with van der Waals surface area (Å²) in [7, 11) is -2.63. The Hall–Kier alpha value is -3.60. The highest BCUT2D eigenvalue weighted by Gasteiger charge is 2.30. The lowest BCUT2D eigenvalue weighted by Gasteiger charge is -2.30. The summed E-state index contributed by atoms with van der Waals surface area (Å²) >= 11 is 0. The fourth-order valence-corrected chi connectivity index (χ4v) is 5.35. The number of halogens is 2. The quantitative estimate of drug-likeness (QED) is 0.387. The second-order valence-electron chi connectivity index (χ2n) is 9.46. The molecule has 208 valence electrons. The number of benzene rings is 2. The highest BCUT2D eigenvalue weighted by molar-refractivity contribution is 7.90. The third-order valence-electron chi connectivity index (χ3n) is 6.85. The fraction of sp³-hybridized carbons (Fsp3) is 0.423. The Morgan fingerprint density at radius 2 is 2.03 bits per heavy atom. The third-order valence-corrected chi connectivity index (χ3v) is 8.41. The molecule has 2 aromatic carbocycles. The summed E-state index contributed by atoms with van der Waals surface area (Å²) in [6.07, 6.45) is 3.10. The number of anilines is 1. The molecule has 1 aliphatic rings. The van der Waals surface area contributed by atoms with Crippen LogP contribution in [0, 0.1) is 17.1 Å². The summed E-state index contributed by atoms with van der Waals surface area (Å²) in [6.45, 7) is 3.37. The van der Waals surface area contributed by atoms with Crippen molar-refractivity contribution in [2.24, 2.45) is 0 Å². The van der Waals surface area contributed by atoms with Gasteiger partial charge in [0.2, 0.25) is 0 Å². The van der Waals surface area contributed by atoms with Gasteiger partial charge >= 0.3 is 10.2 Å². The second-order valence-corrected chi connectivity index (χ2v) is 11.2. The lowest BCUT2D eigenvalue weighted by Crippen LogP contribution is -2.38. The van der Waals surface area contributed by atoms with Crippen LogP contribution in [0.15, 0.2) is 41.5 Å². The molecule has 0 saturated carbocycles. The number of nitriles is 1. The van der Waals surface area contributed by atoms with Crippen molar-refractivity contribution in [2.75, 3.05) is 31.4 Å². The third kappa shape index (κ3) is 6.35. The minimum Gasteiger partial charge on any atom is -0.453 e. The summed E-state index contributed by atoms with van der Waals surface area (Å²) in [5, 5.41) is 13.0. The lowest BCUT2D eigenvalue weighted by molar-refractivity contribution is 0.100. The topological polar surface area (TPSA) is 129 Å². The van der Waals surface area contributed by atoms with Crippen molar-refractivity contribution in [1.29, 1.82) is 5.26 Å². The number of nitrogens with one attached hydrogen (secondary N) is 2. The molecule has 0 unspecified atom stereocenters. The smallest absolute Gasteiger partial charge is 0.301 e. The number of aryl methyl sites for hydroxylation is 1. The summed E-state index contributed by atoms with van der Waals surface area (Å²) < 4.78 is 65.0. The van der Waals surface area contributed by atoms with E-state index in [0.29, 0.717) is 44.3 Å². The molecule has 0 amide bonds. The second kappa shape index (κ2) is 11.6. The Bertz CT molecular complexity index is 1570. The highest BCUT2D eigenvalue weighted by atomic mass is 32.2. The number of piperidine rings is 1. The predicted molar refractivity (Wildman–Crippen MR) is 143 cm³/mol. The van der Waals surface area contributed by atoms with Gasteiger partial charge in [-0.2, -0.15) is 18.0 Å². The number of ether oxygens (including phenoxy) is 1. The van der Waals surface area contributed by atoms with Crippen LogP contribution in [0.2, 0.25) is 0 Å². The molecule has 0 atom stereocenters. The van der Waals surface area contributed by atoms with Gasteiger partial charge < -0.3 is 10.1 Å². The minimum atomic E-state index is -3.98. The Morgan fingerprint density at radius 3 is 2.72 bits per heavy atom. The SMILES string of the molecule is CCN(C)S(=O)(=O)Nc1ccc(F)c(Oc2ccc3ncn(CCCC4(F)CCNCC4)c(=O)c3c2)c1C#N. The predicted octanol–water partition coefficient (Wildman–Crippen LogP) is 3.68. The number of aromatic nitrogens is 2. The average molecular weight is 561 g/mol. The van der Waals surface area contributed by atoms with Gasteiger partial charge in [0.25, 0.3) is 5.56 Å². The molecule has 2 N–H and O–H groups in total. The van der Waals surface area contributed by atoms with Crippen LogP contribution in [0.1, 0.15) is 38.2 Å². The number of nitrogens with zero attached hydrogens (tertiary/aromatic N) is 4. The summed E-state index contributed by atoms with van der Waals surface area (Å²) in [5.41, 5.74) is -1.73. The van der Waals surface area contributed by atoms with Crippen molar-refractivity contribution >= 4 is 26.8 Å². The molecule has 1 fully saturated rings. The van der Waals surface area contributed by atoms with E-state index in [2.05, 4.69) is 15.0 Å². The first-order chi connectivity index (χ1) is 18.6. The summed E-state index contributed by atoms with van der Waals surface area (Å²) in [4.78, 5) is 17.4. The highest BCUT2D eigenvalue weighted by Crippen LogP contribution is 2.34. The molecule has 1 aromatic heterocycles. The molecular weight excluding hydrogens is 530 g/mol. The maximum Gasteiger partial charge on any atom is 0.301 e. The first-order valence-electron chi connectivity index (χ1n) is 12.6. The van der Waals surface area contributed by atoms with Gasteiger partial charge in [-0.3, -0.25) is 14.1 Å². The van der Waals surface area contributed by atoms with Crippen molar-refractivity contribution in [3.05, 3.63) is 58.4 Å². The number of hydrogen-bond donors (Lipinski definition) is 2. The fourth-order valence-electron chi connectivity index (χ4n) is 4.41. The van der Waals surface area contributed by atoms with E-state index >= 15 is 0 Å². The van der Waals surface area contributed by atoms with Gasteiger partial charge in [-0.1, -0.05) is 6.92 Å². The van der Waals surface area contributed by atoms with E-state index in [-0.39, 0.29) is 41.0 Å². The van der Waals surface area contributed by atoms with Crippen LogP contribution >= 0.6 is 0 Å². The molecule has 1 aliphatic heterocycles. The molecule has 0 spiro atoms. The number of alkyl halides is 1. The van der Waals surface area contributed by atoms with Crippen molar-refractivity contribution in [3.63, 3.8) is 0 Å². The molecule has 3 aromatic rings. The first-order valence-corrected chi connectivity index (χ1v) is 14.0. The zero-order valence-corrected chi connectivity index (χ0v) is 22.5. The molecule has 1 saturated heterocycles. The van der Waals surface area contributed by atoms with Crippen molar-refractivity contribution in [2.45, 2.75) is 44.8 Å². The zero-order chi connectivity index (χ0) is 28.2. The first kappa shape index (κ1) is 28.4. The van der Waals surface area contributed by atoms with Crippen molar-refractivity contribution in [3.8, 4) is 17.6 Å². The number of rotatable bonds is 10. The van der Waals surface area contributed by atoms with Gasteiger partial charge in [0.15, 0.2) is 11.6 Å². The summed E-state index contributed by atoms with van der Waals surface area (Å²) in [5.74, 6) is -1.33. The van der Waals surface area contributed by atoms with Gasteiger partial charge in [-0.05, 0) is 69.1 Å². The minimum absolute atomic E-state index is 0.0534. The van der Waals surface area contributed by atoms with Crippen LogP contribution in [0.4, 0.5) is 14.5 Å².